The number of pyridine rings is 1. The summed E-state index contributed by atoms with van der Waals surface area (Å²) in [6.07, 6.45) is 4.77. The average Bonchev–Trinajstić information content (AvgIpc) is 2.76. The molecule has 2 aromatic rings. The first-order valence-electron chi connectivity index (χ1n) is 5.57. The normalized spacial score (nSPS) is 12.1. The molecular weight excluding hydrogens is 234 g/mol. The Balaban J connectivity index is 2.61. The Bertz CT molecular complexity index is 543. The summed E-state index contributed by atoms with van der Waals surface area (Å²) in [5.74, 6) is -1.83. The van der Waals surface area contributed by atoms with E-state index in [-0.39, 0.29) is 17.3 Å². The number of rotatable bonds is 3. The van der Waals surface area contributed by atoms with Crippen LogP contribution in [0.5, 0.6) is 0 Å². The molecule has 2 aromatic heterocycles. The lowest BCUT2D eigenvalue weighted by Crippen LogP contribution is -2.26. The van der Waals surface area contributed by atoms with Crippen molar-refractivity contribution in [1.82, 2.24) is 14.5 Å². The van der Waals surface area contributed by atoms with Crippen LogP contribution in [0.15, 0.2) is 30.7 Å². The van der Waals surface area contributed by atoms with E-state index in [0.29, 0.717) is 0 Å². The van der Waals surface area contributed by atoms with Crippen LogP contribution in [0.3, 0.4) is 0 Å². The Morgan fingerprint density at radius 3 is 2.50 bits per heavy atom. The molecule has 0 aliphatic heterocycles. The fraction of sp³-hybridized carbons (Fsp3) is 0.333. The molecule has 0 fully saturated rings. The van der Waals surface area contributed by atoms with Crippen LogP contribution >= 0.6 is 0 Å². The van der Waals surface area contributed by atoms with Gasteiger partial charge < -0.3 is 15.3 Å². The van der Waals surface area contributed by atoms with E-state index >= 15 is 0 Å². The first kappa shape index (κ1) is 12.7. The molecule has 18 heavy (non-hydrogen) atoms. The van der Waals surface area contributed by atoms with Gasteiger partial charge in [0.15, 0.2) is 0 Å². The van der Waals surface area contributed by atoms with Gasteiger partial charge in [-0.3, -0.25) is 4.57 Å². The van der Waals surface area contributed by atoms with Crippen LogP contribution in [0.2, 0.25) is 0 Å². The third kappa shape index (κ3) is 2.26. The summed E-state index contributed by atoms with van der Waals surface area (Å²) >= 11 is 0. The Labute approximate surface area is 104 Å². The van der Waals surface area contributed by atoms with Crippen LogP contribution in [-0.2, 0) is 5.97 Å². The lowest BCUT2D eigenvalue weighted by Gasteiger charge is -2.19. The van der Waals surface area contributed by atoms with Crippen molar-refractivity contribution >= 4 is 0 Å². The van der Waals surface area contributed by atoms with Gasteiger partial charge >= 0.3 is 5.97 Å². The highest BCUT2D eigenvalue weighted by atomic mass is 16.7. The number of aliphatic hydroxyl groups is 3. The van der Waals surface area contributed by atoms with E-state index in [1.165, 1.54) is 18.3 Å². The molecule has 6 heteroatoms. The smallest absolute Gasteiger partial charge is 0.308 e. The van der Waals surface area contributed by atoms with Crippen molar-refractivity contribution in [2.45, 2.75) is 25.7 Å². The monoisotopic (exact) mass is 249 g/mol. The zero-order valence-electron chi connectivity index (χ0n) is 10.1. The summed E-state index contributed by atoms with van der Waals surface area (Å²) in [6, 6.07) is 2.91. The number of imidazole rings is 1. The van der Waals surface area contributed by atoms with Crippen LogP contribution in [0, 0.1) is 0 Å². The quantitative estimate of drug-likeness (QED) is 0.688. The number of hydrogen-bond acceptors (Lipinski definition) is 5. The maximum atomic E-state index is 9.34. The summed E-state index contributed by atoms with van der Waals surface area (Å²) in [4.78, 5) is 8.27. The van der Waals surface area contributed by atoms with Gasteiger partial charge in [-0.2, -0.15) is 0 Å². The summed E-state index contributed by atoms with van der Waals surface area (Å²) in [7, 11) is 0. The molecule has 0 aliphatic rings. The van der Waals surface area contributed by atoms with E-state index in [0.717, 1.165) is 5.82 Å². The maximum absolute atomic E-state index is 9.34. The van der Waals surface area contributed by atoms with E-state index in [1.54, 1.807) is 17.0 Å². The third-order valence-electron chi connectivity index (χ3n) is 2.56. The summed E-state index contributed by atoms with van der Waals surface area (Å²) in [5, 5.41) is 28.0. The van der Waals surface area contributed by atoms with E-state index < -0.39 is 5.97 Å². The van der Waals surface area contributed by atoms with Crippen molar-refractivity contribution in [1.29, 1.82) is 0 Å². The Morgan fingerprint density at radius 1 is 1.17 bits per heavy atom. The molecule has 2 heterocycles. The molecule has 0 bridgehead atoms. The first-order valence-corrected chi connectivity index (χ1v) is 5.57. The van der Waals surface area contributed by atoms with Gasteiger partial charge in [0.2, 0.25) is 0 Å². The summed E-state index contributed by atoms with van der Waals surface area (Å²) in [6.45, 7) is 3.93. The van der Waals surface area contributed by atoms with Crippen molar-refractivity contribution in [3.63, 3.8) is 0 Å². The molecule has 2 rings (SSSR count). The Hall–Kier alpha value is -1.76. The molecule has 0 spiro atoms. The van der Waals surface area contributed by atoms with Gasteiger partial charge in [0.05, 0.1) is 5.56 Å². The Morgan fingerprint density at radius 2 is 1.89 bits per heavy atom. The third-order valence-corrected chi connectivity index (χ3v) is 2.56. The maximum Gasteiger partial charge on any atom is 0.308 e. The molecule has 6 nitrogen and oxygen atoms in total. The average molecular weight is 249 g/mol. The second kappa shape index (κ2) is 4.49. The minimum atomic E-state index is -2.93. The van der Waals surface area contributed by atoms with Gasteiger partial charge in [-0.1, -0.05) is 13.8 Å². The number of aromatic nitrogens is 3. The fourth-order valence-corrected chi connectivity index (χ4v) is 1.77. The van der Waals surface area contributed by atoms with Crippen molar-refractivity contribution in [3.05, 3.63) is 42.1 Å². The second-order valence-corrected chi connectivity index (χ2v) is 4.32. The zero-order valence-corrected chi connectivity index (χ0v) is 10.1. The van der Waals surface area contributed by atoms with Gasteiger partial charge in [-0.25, -0.2) is 9.97 Å². The zero-order chi connectivity index (χ0) is 13.3. The summed E-state index contributed by atoms with van der Waals surface area (Å²) < 4.78 is 1.62. The second-order valence-electron chi connectivity index (χ2n) is 4.32. The molecule has 96 valence electrons. The lowest BCUT2D eigenvalue weighted by atomic mass is 10.2. The van der Waals surface area contributed by atoms with Crippen molar-refractivity contribution in [2.75, 3.05) is 0 Å². The minimum absolute atomic E-state index is 0.0927. The fourth-order valence-electron chi connectivity index (χ4n) is 1.77. The van der Waals surface area contributed by atoms with Crippen LogP contribution in [0.25, 0.3) is 5.82 Å². The van der Waals surface area contributed by atoms with Crippen molar-refractivity contribution < 1.29 is 15.3 Å². The molecular formula is C12H15N3O3. The highest BCUT2D eigenvalue weighted by molar-refractivity contribution is 5.37. The molecule has 0 aromatic carbocycles. The highest BCUT2D eigenvalue weighted by Gasteiger charge is 2.27. The van der Waals surface area contributed by atoms with Gasteiger partial charge in [-0.15, -0.1) is 0 Å². The van der Waals surface area contributed by atoms with Gasteiger partial charge in [-0.05, 0) is 12.1 Å². The SMILES string of the molecule is CC(C)c1nccn1-c1ncccc1C(O)(O)O. The Kier molecular flexibility index (Phi) is 3.16. The van der Waals surface area contributed by atoms with E-state index in [2.05, 4.69) is 9.97 Å². The van der Waals surface area contributed by atoms with Crippen LogP contribution < -0.4 is 0 Å². The van der Waals surface area contributed by atoms with Crippen LogP contribution in [0.1, 0.15) is 31.2 Å². The molecule has 0 saturated carbocycles. The number of nitrogens with zero attached hydrogens (tertiary/aromatic N) is 3. The molecule has 0 amide bonds. The highest BCUT2D eigenvalue weighted by Crippen LogP contribution is 2.24. The molecule has 0 radical (unpaired) electrons. The van der Waals surface area contributed by atoms with Gasteiger partial charge in [0.25, 0.3) is 0 Å². The predicted molar refractivity (Wildman–Crippen MR) is 63.8 cm³/mol. The van der Waals surface area contributed by atoms with Crippen molar-refractivity contribution in [2.24, 2.45) is 0 Å². The molecule has 0 aliphatic carbocycles. The molecule has 0 atom stereocenters. The predicted octanol–water partition coefficient (Wildman–Crippen LogP) is 0.478. The minimum Gasteiger partial charge on any atom is -0.340 e. The van der Waals surface area contributed by atoms with E-state index in [1.807, 2.05) is 13.8 Å². The number of hydrogen-bond donors (Lipinski definition) is 3. The lowest BCUT2D eigenvalue weighted by molar-refractivity contribution is -0.323. The van der Waals surface area contributed by atoms with E-state index in [9.17, 15) is 15.3 Å². The first-order chi connectivity index (χ1) is 8.41. The van der Waals surface area contributed by atoms with Crippen LogP contribution in [0.4, 0.5) is 0 Å². The standard InChI is InChI=1S/C12H15N3O3/c1-8(2)10-14-6-7-15(10)11-9(12(16,17)18)4-3-5-13-11/h3-8,16-18H,1-2H3. The topological polar surface area (TPSA) is 91.4 Å². The molecule has 0 saturated heterocycles. The largest absolute Gasteiger partial charge is 0.340 e. The van der Waals surface area contributed by atoms with Crippen LogP contribution in [-0.4, -0.2) is 29.9 Å². The van der Waals surface area contributed by atoms with Gasteiger partial charge in [0, 0.05) is 24.5 Å². The van der Waals surface area contributed by atoms with Gasteiger partial charge in [0.1, 0.15) is 11.6 Å². The van der Waals surface area contributed by atoms with E-state index in [4.69, 9.17) is 0 Å². The molecule has 0 unspecified atom stereocenters. The summed E-state index contributed by atoms with van der Waals surface area (Å²) in [5.41, 5.74) is -0.0927. The van der Waals surface area contributed by atoms with Crippen molar-refractivity contribution in [3.8, 4) is 5.82 Å². The molecule has 3 N–H and O–H groups in total.